The van der Waals surface area contributed by atoms with Gasteiger partial charge in [-0.2, -0.15) is 0 Å². The molecule has 0 heterocycles. The minimum absolute atomic E-state index is 0.600. The Kier molecular flexibility index (Phi) is 6.16. The van der Waals surface area contributed by atoms with Crippen LogP contribution in [0.25, 0.3) is 0 Å². The zero-order valence-corrected chi connectivity index (χ0v) is 11.4. The average molecular weight is 258 g/mol. The van der Waals surface area contributed by atoms with Crippen LogP contribution in [0, 0.1) is 0 Å². The van der Waals surface area contributed by atoms with E-state index in [4.69, 9.17) is 21.1 Å². The van der Waals surface area contributed by atoms with Crippen molar-refractivity contribution in [2.45, 2.75) is 20.3 Å². The monoisotopic (exact) mass is 257 g/mol. The van der Waals surface area contributed by atoms with Crippen molar-refractivity contribution in [2.24, 2.45) is 0 Å². The topological polar surface area (TPSA) is 30.5 Å². The summed E-state index contributed by atoms with van der Waals surface area (Å²) in [5.74, 6) is 1.57. The molecule has 0 unspecified atom stereocenters. The summed E-state index contributed by atoms with van der Waals surface area (Å²) in [4.78, 5) is 0. The third kappa shape index (κ3) is 4.10. The Morgan fingerprint density at radius 3 is 2.35 bits per heavy atom. The highest BCUT2D eigenvalue weighted by molar-refractivity contribution is 6.32. The van der Waals surface area contributed by atoms with E-state index in [1.807, 2.05) is 33.0 Å². The summed E-state index contributed by atoms with van der Waals surface area (Å²) < 4.78 is 11.1. The second-order valence-electron chi connectivity index (χ2n) is 3.61. The molecule has 1 aromatic carbocycles. The summed E-state index contributed by atoms with van der Waals surface area (Å²) in [7, 11) is 1.93. The Morgan fingerprint density at radius 2 is 1.76 bits per heavy atom. The fourth-order valence-corrected chi connectivity index (χ4v) is 1.80. The van der Waals surface area contributed by atoms with Gasteiger partial charge in [-0.1, -0.05) is 11.6 Å². The average Bonchev–Trinajstić information content (AvgIpc) is 2.31. The van der Waals surface area contributed by atoms with E-state index in [-0.39, 0.29) is 0 Å². The lowest BCUT2D eigenvalue weighted by Crippen LogP contribution is -2.11. The summed E-state index contributed by atoms with van der Waals surface area (Å²) >= 11 is 6.13. The first-order valence-corrected chi connectivity index (χ1v) is 6.33. The van der Waals surface area contributed by atoms with Gasteiger partial charge in [-0.05, 0) is 45.5 Å². The highest BCUT2D eigenvalue weighted by Crippen LogP contribution is 2.33. The molecule has 3 nitrogen and oxygen atoms in total. The van der Waals surface area contributed by atoms with Gasteiger partial charge < -0.3 is 14.8 Å². The highest BCUT2D eigenvalue weighted by atomic mass is 35.5. The van der Waals surface area contributed by atoms with Gasteiger partial charge in [0.25, 0.3) is 0 Å². The van der Waals surface area contributed by atoms with Gasteiger partial charge in [0.1, 0.15) is 11.5 Å². The molecule has 0 atom stereocenters. The molecular weight excluding hydrogens is 238 g/mol. The third-order valence-electron chi connectivity index (χ3n) is 2.36. The molecule has 96 valence electrons. The molecule has 0 aliphatic heterocycles. The Hall–Kier alpha value is -0.930. The van der Waals surface area contributed by atoms with Crippen LogP contribution in [0.2, 0.25) is 5.02 Å². The Morgan fingerprint density at radius 1 is 1.12 bits per heavy atom. The number of benzene rings is 1. The van der Waals surface area contributed by atoms with Crippen LogP contribution in [0.15, 0.2) is 12.1 Å². The molecule has 1 aromatic rings. The molecule has 0 bridgehead atoms. The van der Waals surface area contributed by atoms with Crippen molar-refractivity contribution in [1.29, 1.82) is 0 Å². The zero-order chi connectivity index (χ0) is 12.7. The number of ether oxygens (including phenoxy) is 2. The highest BCUT2D eigenvalue weighted by Gasteiger charge is 2.10. The SMILES string of the molecule is CCOc1cc(CCNC)c(OCC)cc1Cl. The summed E-state index contributed by atoms with van der Waals surface area (Å²) in [6.07, 6.45) is 0.892. The van der Waals surface area contributed by atoms with Crippen molar-refractivity contribution in [1.82, 2.24) is 5.32 Å². The number of halogens is 1. The largest absolute Gasteiger partial charge is 0.494 e. The molecule has 1 rings (SSSR count). The van der Waals surface area contributed by atoms with Gasteiger partial charge in [0.05, 0.1) is 18.2 Å². The van der Waals surface area contributed by atoms with E-state index >= 15 is 0 Å². The second-order valence-corrected chi connectivity index (χ2v) is 4.02. The van der Waals surface area contributed by atoms with Crippen LogP contribution in [0.4, 0.5) is 0 Å². The first-order chi connectivity index (χ1) is 8.22. The molecule has 0 aliphatic carbocycles. The summed E-state index contributed by atoms with van der Waals surface area (Å²) in [5.41, 5.74) is 1.12. The minimum Gasteiger partial charge on any atom is -0.494 e. The first kappa shape index (κ1) is 14.1. The quantitative estimate of drug-likeness (QED) is 0.815. The van der Waals surface area contributed by atoms with E-state index in [0.29, 0.717) is 18.2 Å². The molecule has 0 radical (unpaired) electrons. The molecular formula is C13H20ClNO2. The standard InChI is InChI=1S/C13H20ClNO2/c1-4-16-12-9-11(14)13(17-5-2)8-10(12)6-7-15-3/h8-9,15H,4-7H2,1-3H3. The minimum atomic E-state index is 0.600. The van der Waals surface area contributed by atoms with Gasteiger partial charge in [-0.15, -0.1) is 0 Å². The Labute approximate surface area is 108 Å². The fourth-order valence-electron chi connectivity index (χ4n) is 1.59. The van der Waals surface area contributed by atoms with Crippen molar-refractivity contribution in [3.05, 3.63) is 22.7 Å². The van der Waals surface area contributed by atoms with Gasteiger partial charge >= 0.3 is 0 Å². The maximum atomic E-state index is 6.13. The number of hydrogen-bond donors (Lipinski definition) is 1. The lowest BCUT2D eigenvalue weighted by Gasteiger charge is -2.14. The normalized spacial score (nSPS) is 10.4. The van der Waals surface area contributed by atoms with E-state index in [0.717, 1.165) is 30.0 Å². The van der Waals surface area contributed by atoms with E-state index in [2.05, 4.69) is 5.32 Å². The van der Waals surface area contributed by atoms with Crippen molar-refractivity contribution in [3.63, 3.8) is 0 Å². The molecule has 0 aromatic heterocycles. The Bertz CT molecular complexity index is 356. The van der Waals surface area contributed by atoms with E-state index < -0.39 is 0 Å². The molecule has 0 aliphatic rings. The maximum absolute atomic E-state index is 6.13. The number of rotatable bonds is 7. The van der Waals surface area contributed by atoms with Crippen LogP contribution in [-0.2, 0) is 6.42 Å². The molecule has 0 amide bonds. The lowest BCUT2D eigenvalue weighted by atomic mass is 10.1. The summed E-state index contributed by atoms with van der Waals surface area (Å²) in [6, 6.07) is 3.80. The van der Waals surface area contributed by atoms with Crippen molar-refractivity contribution in [2.75, 3.05) is 26.8 Å². The summed E-state index contributed by atoms with van der Waals surface area (Å²) in [6.45, 7) is 6.05. The van der Waals surface area contributed by atoms with Gasteiger partial charge in [0, 0.05) is 6.07 Å². The van der Waals surface area contributed by atoms with Crippen LogP contribution in [0.1, 0.15) is 19.4 Å². The summed E-state index contributed by atoms with van der Waals surface area (Å²) in [5, 5.41) is 3.72. The number of nitrogens with one attached hydrogen (secondary N) is 1. The van der Waals surface area contributed by atoms with Crippen molar-refractivity contribution in [3.8, 4) is 11.5 Å². The van der Waals surface area contributed by atoms with Crippen LogP contribution in [0.5, 0.6) is 11.5 Å². The second kappa shape index (κ2) is 7.41. The molecule has 0 fully saturated rings. The van der Waals surface area contributed by atoms with E-state index in [1.165, 1.54) is 0 Å². The molecule has 4 heteroatoms. The predicted molar refractivity (Wildman–Crippen MR) is 71.4 cm³/mol. The Balaban J connectivity index is 2.98. The van der Waals surface area contributed by atoms with E-state index in [1.54, 1.807) is 0 Å². The van der Waals surface area contributed by atoms with Gasteiger partial charge in [-0.25, -0.2) is 0 Å². The van der Waals surface area contributed by atoms with E-state index in [9.17, 15) is 0 Å². The molecule has 0 saturated heterocycles. The van der Waals surface area contributed by atoms with Gasteiger partial charge in [0.15, 0.2) is 0 Å². The zero-order valence-electron chi connectivity index (χ0n) is 10.7. The number of hydrogen-bond acceptors (Lipinski definition) is 3. The smallest absolute Gasteiger partial charge is 0.138 e. The molecule has 17 heavy (non-hydrogen) atoms. The molecule has 1 N–H and O–H groups in total. The lowest BCUT2D eigenvalue weighted by molar-refractivity contribution is 0.327. The van der Waals surface area contributed by atoms with Crippen molar-refractivity contribution >= 4 is 11.6 Å². The van der Waals surface area contributed by atoms with Crippen LogP contribution < -0.4 is 14.8 Å². The maximum Gasteiger partial charge on any atom is 0.138 e. The van der Waals surface area contributed by atoms with Gasteiger partial charge in [-0.3, -0.25) is 0 Å². The first-order valence-electron chi connectivity index (χ1n) is 5.95. The van der Waals surface area contributed by atoms with Crippen LogP contribution in [-0.4, -0.2) is 26.8 Å². The molecule has 0 saturated carbocycles. The van der Waals surface area contributed by atoms with Gasteiger partial charge in [0.2, 0.25) is 0 Å². The predicted octanol–water partition coefficient (Wildman–Crippen LogP) is 2.90. The van der Waals surface area contributed by atoms with Crippen LogP contribution >= 0.6 is 11.6 Å². The molecule has 0 spiro atoms. The van der Waals surface area contributed by atoms with Crippen molar-refractivity contribution < 1.29 is 9.47 Å². The number of likely N-dealkylation sites (N-methyl/N-ethyl adjacent to an activating group) is 1. The van der Waals surface area contributed by atoms with Crippen LogP contribution in [0.3, 0.4) is 0 Å². The fraction of sp³-hybridized carbons (Fsp3) is 0.538. The third-order valence-corrected chi connectivity index (χ3v) is 2.65.